The summed E-state index contributed by atoms with van der Waals surface area (Å²) < 4.78 is 17.0. The molecule has 0 unspecified atom stereocenters. The molecule has 31 heavy (non-hydrogen) atoms. The van der Waals surface area contributed by atoms with Gasteiger partial charge in [0.2, 0.25) is 6.41 Å². The minimum atomic E-state index is -0.260. The van der Waals surface area contributed by atoms with Crippen molar-refractivity contribution < 1.29 is 9.18 Å². The molecule has 0 bridgehead atoms. The number of anilines is 3. The van der Waals surface area contributed by atoms with Crippen LogP contribution in [0.15, 0.2) is 61.2 Å². The summed E-state index contributed by atoms with van der Waals surface area (Å²) in [5.41, 5.74) is 4.93. The third-order valence-electron chi connectivity index (χ3n) is 5.17. The summed E-state index contributed by atoms with van der Waals surface area (Å²) in [5.74, 6) is 0.363. The van der Waals surface area contributed by atoms with Gasteiger partial charge in [-0.15, -0.1) is 0 Å². The van der Waals surface area contributed by atoms with Gasteiger partial charge >= 0.3 is 0 Å². The molecule has 154 valence electrons. The smallest absolute Gasteiger partial charge is 0.211 e. The lowest BCUT2D eigenvalue weighted by molar-refractivity contribution is -0.105. The molecule has 0 saturated carbocycles. The number of nitrogens with one attached hydrogen (secondary N) is 2. The fraction of sp³-hybridized carbons (Fsp3) is 0.0909. The monoisotopic (exact) mass is 415 g/mol. The Morgan fingerprint density at radius 2 is 2.06 bits per heavy atom. The fourth-order valence-electron chi connectivity index (χ4n) is 3.70. The van der Waals surface area contributed by atoms with Crippen molar-refractivity contribution in [1.82, 2.24) is 24.4 Å². The molecule has 1 amide bonds. The average Bonchev–Trinajstić information content (AvgIpc) is 3.30. The minimum absolute atomic E-state index is 0.260. The number of fused-ring (bicyclic) bond motifs is 2. The number of aryl methyl sites for hydroxylation is 1. The lowest BCUT2D eigenvalue weighted by Crippen LogP contribution is -2.02. The molecule has 0 aliphatic rings. The predicted molar refractivity (Wildman–Crippen MR) is 116 cm³/mol. The normalized spacial score (nSPS) is 11.2. The van der Waals surface area contributed by atoms with Crippen LogP contribution in [-0.4, -0.2) is 30.8 Å². The van der Waals surface area contributed by atoms with E-state index in [0.717, 1.165) is 33.2 Å². The Morgan fingerprint density at radius 3 is 2.90 bits per heavy atom. The van der Waals surface area contributed by atoms with Crippen molar-refractivity contribution >= 4 is 40.0 Å². The molecular formula is C22H18FN7O. The average molecular weight is 415 g/mol. The van der Waals surface area contributed by atoms with Crippen molar-refractivity contribution in [3.63, 3.8) is 0 Å². The van der Waals surface area contributed by atoms with Crippen LogP contribution in [0.1, 0.15) is 11.1 Å². The lowest BCUT2D eigenvalue weighted by Gasteiger charge is -2.09. The van der Waals surface area contributed by atoms with E-state index in [0.29, 0.717) is 24.5 Å². The van der Waals surface area contributed by atoms with Crippen LogP contribution in [0.25, 0.3) is 16.4 Å². The number of halogens is 1. The van der Waals surface area contributed by atoms with Crippen LogP contribution in [0, 0.1) is 12.7 Å². The summed E-state index contributed by atoms with van der Waals surface area (Å²) in [4.78, 5) is 15.2. The lowest BCUT2D eigenvalue weighted by atomic mass is 10.2. The van der Waals surface area contributed by atoms with E-state index in [1.54, 1.807) is 23.0 Å². The van der Waals surface area contributed by atoms with E-state index in [1.165, 1.54) is 18.5 Å². The van der Waals surface area contributed by atoms with Crippen LogP contribution in [0.2, 0.25) is 0 Å². The van der Waals surface area contributed by atoms with Gasteiger partial charge in [-0.2, -0.15) is 10.2 Å². The molecule has 2 aromatic carbocycles. The topological polar surface area (TPSA) is 89.1 Å². The number of aromatic nitrogens is 5. The first kappa shape index (κ1) is 18.7. The van der Waals surface area contributed by atoms with Crippen LogP contribution in [0.5, 0.6) is 0 Å². The van der Waals surface area contributed by atoms with Gasteiger partial charge in [0.25, 0.3) is 0 Å². The number of hydrogen-bond donors (Lipinski definition) is 2. The Kier molecular flexibility index (Phi) is 4.55. The number of amides is 1. The van der Waals surface area contributed by atoms with Gasteiger partial charge in [-0.3, -0.25) is 9.48 Å². The van der Waals surface area contributed by atoms with E-state index in [4.69, 9.17) is 0 Å². The zero-order valence-electron chi connectivity index (χ0n) is 16.6. The first-order chi connectivity index (χ1) is 15.1. The highest BCUT2D eigenvalue weighted by Crippen LogP contribution is 2.29. The number of rotatable bonds is 6. The highest BCUT2D eigenvalue weighted by atomic mass is 19.1. The number of hydrogen-bond acceptors (Lipinski definition) is 5. The van der Waals surface area contributed by atoms with E-state index in [-0.39, 0.29) is 5.82 Å². The molecule has 0 aliphatic carbocycles. The molecule has 5 aromatic rings. The molecule has 0 atom stereocenters. The molecule has 5 rings (SSSR count). The molecule has 9 heteroatoms. The van der Waals surface area contributed by atoms with E-state index in [1.807, 2.05) is 35.9 Å². The van der Waals surface area contributed by atoms with Gasteiger partial charge in [0.05, 0.1) is 30.1 Å². The second-order valence-electron chi connectivity index (χ2n) is 7.16. The van der Waals surface area contributed by atoms with Gasteiger partial charge in [0.1, 0.15) is 17.7 Å². The molecular weight excluding hydrogens is 397 g/mol. The maximum atomic E-state index is 13.5. The molecule has 0 aliphatic heterocycles. The quantitative estimate of drug-likeness (QED) is 0.411. The van der Waals surface area contributed by atoms with E-state index in [2.05, 4.69) is 25.8 Å². The molecule has 0 spiro atoms. The van der Waals surface area contributed by atoms with E-state index in [9.17, 15) is 9.18 Å². The van der Waals surface area contributed by atoms with Gasteiger partial charge in [-0.1, -0.05) is 12.1 Å². The number of benzene rings is 2. The first-order valence-electron chi connectivity index (χ1n) is 9.62. The highest BCUT2D eigenvalue weighted by Gasteiger charge is 2.13. The highest BCUT2D eigenvalue weighted by molar-refractivity contribution is 5.88. The van der Waals surface area contributed by atoms with Crippen molar-refractivity contribution in [2.24, 2.45) is 0 Å². The Bertz CT molecular complexity index is 1420. The summed E-state index contributed by atoms with van der Waals surface area (Å²) in [6.07, 6.45) is 5.61. The van der Waals surface area contributed by atoms with Crippen LogP contribution in [0.4, 0.5) is 21.6 Å². The van der Waals surface area contributed by atoms with E-state index >= 15 is 0 Å². The van der Waals surface area contributed by atoms with Crippen LogP contribution in [-0.2, 0) is 11.3 Å². The molecule has 0 fully saturated rings. The minimum Gasteiger partial charge on any atom is -0.338 e. The van der Waals surface area contributed by atoms with Crippen molar-refractivity contribution in [3.05, 3.63) is 78.1 Å². The van der Waals surface area contributed by atoms with Gasteiger partial charge in [0, 0.05) is 16.6 Å². The number of carbonyl (C=O) groups is 1. The third-order valence-corrected chi connectivity index (χ3v) is 5.17. The summed E-state index contributed by atoms with van der Waals surface area (Å²) in [6, 6.07) is 12.4. The molecule has 0 radical (unpaired) electrons. The van der Waals surface area contributed by atoms with Gasteiger partial charge < -0.3 is 10.6 Å². The summed E-state index contributed by atoms with van der Waals surface area (Å²) in [5, 5.41) is 15.6. The summed E-state index contributed by atoms with van der Waals surface area (Å²) in [6.45, 7) is 2.38. The second-order valence-corrected chi connectivity index (χ2v) is 7.16. The van der Waals surface area contributed by atoms with Gasteiger partial charge in [0.15, 0.2) is 5.82 Å². The standard InChI is InChI=1S/C22H18FN7O/c1-14-19(25-13-31)11-30-21(14)22(24-12-27-30)28-18-5-6-20-16(8-18)9-26-29(20)10-15-3-2-4-17(23)7-15/h2-9,11-13H,10H2,1H3,(H,25,31)(H,24,27,28). The maximum Gasteiger partial charge on any atom is 0.211 e. The predicted octanol–water partition coefficient (Wildman–Crippen LogP) is 3.89. The Morgan fingerprint density at radius 1 is 1.16 bits per heavy atom. The Hall–Kier alpha value is -4.27. The summed E-state index contributed by atoms with van der Waals surface area (Å²) >= 11 is 0. The zero-order chi connectivity index (χ0) is 21.4. The largest absolute Gasteiger partial charge is 0.338 e. The summed E-state index contributed by atoms with van der Waals surface area (Å²) in [7, 11) is 0. The van der Waals surface area contributed by atoms with Crippen LogP contribution in [0.3, 0.4) is 0 Å². The number of carbonyl (C=O) groups excluding carboxylic acids is 1. The Balaban J connectivity index is 1.46. The van der Waals surface area contributed by atoms with Crippen molar-refractivity contribution in [2.75, 3.05) is 10.6 Å². The van der Waals surface area contributed by atoms with Crippen molar-refractivity contribution in [2.45, 2.75) is 13.5 Å². The Labute approximate surface area is 176 Å². The first-order valence-corrected chi connectivity index (χ1v) is 9.62. The van der Waals surface area contributed by atoms with E-state index < -0.39 is 0 Å². The SMILES string of the molecule is Cc1c(NC=O)cn2ncnc(Nc3ccc4c(cnn4Cc4cccc(F)c4)c3)c12. The maximum absolute atomic E-state index is 13.5. The van der Waals surface area contributed by atoms with Crippen molar-refractivity contribution in [3.8, 4) is 0 Å². The molecule has 0 saturated heterocycles. The van der Waals surface area contributed by atoms with Crippen LogP contribution >= 0.6 is 0 Å². The van der Waals surface area contributed by atoms with Gasteiger partial charge in [-0.25, -0.2) is 13.9 Å². The van der Waals surface area contributed by atoms with Gasteiger partial charge in [-0.05, 0) is 42.8 Å². The molecule has 2 N–H and O–H groups in total. The zero-order valence-corrected chi connectivity index (χ0v) is 16.6. The molecule has 8 nitrogen and oxygen atoms in total. The number of nitrogens with zero attached hydrogens (tertiary/aromatic N) is 5. The second kappa shape index (κ2) is 7.52. The van der Waals surface area contributed by atoms with Crippen LogP contribution < -0.4 is 10.6 Å². The molecule has 3 aromatic heterocycles. The fourth-order valence-corrected chi connectivity index (χ4v) is 3.70. The van der Waals surface area contributed by atoms with Crippen molar-refractivity contribution in [1.29, 1.82) is 0 Å². The molecule has 3 heterocycles. The third kappa shape index (κ3) is 3.46.